The average molecular weight is 546 g/mol. The van der Waals surface area contributed by atoms with Gasteiger partial charge in [-0.3, -0.25) is 25.2 Å². The summed E-state index contributed by atoms with van der Waals surface area (Å²) in [6.45, 7) is 0.114. The molecule has 17 heteroatoms. The molecule has 17 N–H and O–H groups in total. The first-order valence-corrected chi connectivity index (χ1v) is 12.3. The van der Waals surface area contributed by atoms with E-state index in [-0.39, 0.29) is 44.1 Å². The van der Waals surface area contributed by atoms with Crippen LogP contribution in [0, 0.1) is 10.8 Å². The van der Waals surface area contributed by atoms with Gasteiger partial charge in [-0.1, -0.05) is 0 Å². The normalized spacial score (nSPS) is 13.8. The summed E-state index contributed by atoms with van der Waals surface area (Å²) in [4.78, 5) is 49.6. The predicted octanol–water partition coefficient (Wildman–Crippen LogP) is -4.50. The van der Waals surface area contributed by atoms with Crippen molar-refractivity contribution in [3.8, 4) is 0 Å². The summed E-state index contributed by atoms with van der Waals surface area (Å²) < 4.78 is 0. The summed E-state index contributed by atoms with van der Waals surface area (Å²) in [7, 11) is 0. The van der Waals surface area contributed by atoms with Crippen LogP contribution in [0.2, 0.25) is 0 Å². The number of aliphatic hydroxyl groups is 1. The highest BCUT2D eigenvalue weighted by atomic mass is 16.4. The van der Waals surface area contributed by atoms with Gasteiger partial charge in [0.1, 0.15) is 18.1 Å². The van der Waals surface area contributed by atoms with Crippen LogP contribution < -0.4 is 49.5 Å². The molecule has 4 atom stereocenters. The van der Waals surface area contributed by atoms with Crippen molar-refractivity contribution >= 4 is 35.6 Å². The Morgan fingerprint density at radius 2 is 1.18 bits per heavy atom. The lowest BCUT2D eigenvalue weighted by atomic mass is 10.1. The molecule has 0 aliphatic rings. The van der Waals surface area contributed by atoms with Crippen LogP contribution in [0.1, 0.15) is 44.9 Å². The Morgan fingerprint density at radius 3 is 1.68 bits per heavy atom. The van der Waals surface area contributed by atoms with Crippen molar-refractivity contribution in [3.63, 3.8) is 0 Å². The molecular weight excluding hydrogens is 502 g/mol. The quantitative estimate of drug-likeness (QED) is 0.0391. The lowest BCUT2D eigenvalue weighted by molar-refractivity contribution is -0.142. The molecule has 0 rings (SSSR count). The van der Waals surface area contributed by atoms with Crippen LogP contribution in [0.4, 0.5) is 0 Å². The van der Waals surface area contributed by atoms with Crippen molar-refractivity contribution in [2.24, 2.45) is 22.9 Å². The van der Waals surface area contributed by atoms with Crippen molar-refractivity contribution in [3.05, 3.63) is 0 Å². The molecule has 38 heavy (non-hydrogen) atoms. The molecule has 0 aliphatic heterocycles. The number of nitrogens with one attached hydrogen (secondary N) is 7. The van der Waals surface area contributed by atoms with Gasteiger partial charge in [0.05, 0.1) is 12.6 Å². The Bertz CT molecular complexity index is 798. The number of hydrogen-bond donors (Lipinski definition) is 13. The number of nitrogens with two attached hydrogens (primary N) is 4. The first kappa shape index (κ1) is 34.3. The van der Waals surface area contributed by atoms with Gasteiger partial charge in [-0.25, -0.2) is 4.79 Å². The maximum absolute atomic E-state index is 12.9. The smallest absolute Gasteiger partial charge is 0.326 e. The van der Waals surface area contributed by atoms with E-state index in [0.29, 0.717) is 32.4 Å². The Morgan fingerprint density at radius 1 is 0.711 bits per heavy atom. The molecule has 0 fully saturated rings. The van der Waals surface area contributed by atoms with E-state index in [4.69, 9.17) is 33.8 Å². The van der Waals surface area contributed by atoms with Gasteiger partial charge in [-0.2, -0.15) is 0 Å². The van der Waals surface area contributed by atoms with Crippen molar-refractivity contribution < 1.29 is 29.4 Å². The molecule has 0 heterocycles. The highest BCUT2D eigenvalue weighted by Crippen LogP contribution is 2.05. The molecular formula is C21H43N11O6. The Hall–Kier alpha value is -3.70. The van der Waals surface area contributed by atoms with Gasteiger partial charge >= 0.3 is 5.97 Å². The molecule has 0 unspecified atom stereocenters. The molecule has 0 aromatic rings. The number of amides is 3. The van der Waals surface area contributed by atoms with E-state index in [1.807, 2.05) is 0 Å². The fourth-order valence-corrected chi connectivity index (χ4v) is 3.24. The summed E-state index contributed by atoms with van der Waals surface area (Å²) in [5, 5.41) is 45.7. The molecule has 3 amide bonds. The number of carbonyl (C=O) groups is 4. The van der Waals surface area contributed by atoms with E-state index in [0.717, 1.165) is 0 Å². The summed E-state index contributed by atoms with van der Waals surface area (Å²) in [5.74, 6) is -4.09. The number of hydrogen-bond acceptors (Lipinski definition) is 9. The Kier molecular flexibility index (Phi) is 17.5. The minimum Gasteiger partial charge on any atom is -0.480 e. The van der Waals surface area contributed by atoms with Crippen molar-refractivity contribution in [2.75, 3.05) is 26.2 Å². The molecule has 218 valence electrons. The fourth-order valence-electron chi connectivity index (χ4n) is 3.24. The third-order valence-electron chi connectivity index (χ3n) is 5.34. The maximum Gasteiger partial charge on any atom is 0.326 e. The molecule has 0 spiro atoms. The van der Waals surface area contributed by atoms with Crippen LogP contribution in [0.5, 0.6) is 0 Å². The molecule has 0 saturated carbocycles. The SMILES string of the molecule is N=C(N)NCCC[C@H](NC(=O)[C@H](CO)NC(=O)[C@@H](N)CCCNC(=N)N)C(=O)N[C@@H](CCCCN)C(=O)O. The van der Waals surface area contributed by atoms with Crippen LogP contribution in [0.15, 0.2) is 0 Å². The fraction of sp³-hybridized carbons (Fsp3) is 0.714. The van der Waals surface area contributed by atoms with Crippen molar-refractivity contribution in [1.29, 1.82) is 10.8 Å². The number of carboxylic acids is 1. The van der Waals surface area contributed by atoms with E-state index in [1.165, 1.54) is 0 Å². The van der Waals surface area contributed by atoms with E-state index < -0.39 is 54.5 Å². The molecule has 0 aromatic heterocycles. The largest absolute Gasteiger partial charge is 0.480 e. The number of guanidine groups is 2. The van der Waals surface area contributed by atoms with Gasteiger partial charge < -0.3 is 59.7 Å². The monoisotopic (exact) mass is 545 g/mol. The predicted molar refractivity (Wildman–Crippen MR) is 140 cm³/mol. The summed E-state index contributed by atoms with van der Waals surface area (Å²) in [6.07, 6.45) is 2.12. The zero-order valence-corrected chi connectivity index (χ0v) is 21.4. The van der Waals surface area contributed by atoms with E-state index in [1.54, 1.807) is 0 Å². The van der Waals surface area contributed by atoms with Crippen LogP contribution in [0.3, 0.4) is 0 Å². The number of rotatable bonds is 20. The first-order chi connectivity index (χ1) is 17.9. The Labute approximate surface area is 221 Å². The molecule has 0 aromatic carbocycles. The molecule has 0 aliphatic carbocycles. The first-order valence-electron chi connectivity index (χ1n) is 12.3. The number of carbonyl (C=O) groups excluding carboxylic acids is 3. The van der Waals surface area contributed by atoms with Gasteiger partial charge in [0, 0.05) is 13.1 Å². The van der Waals surface area contributed by atoms with E-state index in [2.05, 4.69) is 26.6 Å². The zero-order valence-electron chi connectivity index (χ0n) is 21.4. The summed E-state index contributed by atoms with van der Waals surface area (Å²) >= 11 is 0. The van der Waals surface area contributed by atoms with Crippen molar-refractivity contribution in [1.82, 2.24) is 26.6 Å². The van der Waals surface area contributed by atoms with Crippen LogP contribution in [-0.4, -0.2) is 96.2 Å². The van der Waals surface area contributed by atoms with Gasteiger partial charge in [-0.05, 0) is 51.5 Å². The van der Waals surface area contributed by atoms with Gasteiger partial charge in [-0.15, -0.1) is 0 Å². The van der Waals surface area contributed by atoms with E-state index in [9.17, 15) is 29.4 Å². The van der Waals surface area contributed by atoms with Crippen LogP contribution >= 0.6 is 0 Å². The second kappa shape index (κ2) is 19.4. The standard InChI is InChI=1S/C21H43N11O6/c22-8-2-1-6-14(19(37)38)31-17(35)13(7-4-10-29-21(26)27)30-18(36)15(11-33)32-16(34)12(23)5-3-9-28-20(24)25/h12-15,33H,1-11,22-23H2,(H,30,36)(H,31,35)(H,32,34)(H,37,38)(H4,24,25,28)(H4,26,27,29)/t12-,13-,14-,15-/m0/s1. The summed E-state index contributed by atoms with van der Waals surface area (Å²) in [5.41, 5.74) is 21.7. The second-order valence-electron chi connectivity index (χ2n) is 8.56. The third kappa shape index (κ3) is 15.4. The molecule has 0 saturated heterocycles. The van der Waals surface area contributed by atoms with E-state index >= 15 is 0 Å². The molecule has 0 bridgehead atoms. The number of aliphatic carboxylic acids is 1. The van der Waals surface area contributed by atoms with Crippen LogP contribution in [0.25, 0.3) is 0 Å². The second-order valence-corrected chi connectivity index (χ2v) is 8.56. The Balaban J connectivity index is 5.24. The van der Waals surface area contributed by atoms with Gasteiger partial charge in [0.15, 0.2) is 11.9 Å². The summed E-state index contributed by atoms with van der Waals surface area (Å²) in [6, 6.07) is -4.83. The number of carboxylic acid groups (broad SMARTS) is 1. The number of unbranched alkanes of at least 4 members (excludes halogenated alkanes) is 1. The third-order valence-corrected chi connectivity index (χ3v) is 5.34. The van der Waals surface area contributed by atoms with Gasteiger partial charge in [0.25, 0.3) is 0 Å². The van der Waals surface area contributed by atoms with Gasteiger partial charge in [0.2, 0.25) is 17.7 Å². The topological polar surface area (TPSA) is 321 Å². The highest BCUT2D eigenvalue weighted by molar-refractivity contribution is 5.94. The lowest BCUT2D eigenvalue weighted by Gasteiger charge is -2.24. The minimum absolute atomic E-state index is 0.0434. The lowest BCUT2D eigenvalue weighted by Crippen LogP contribution is -2.58. The van der Waals surface area contributed by atoms with Crippen molar-refractivity contribution in [2.45, 2.75) is 69.1 Å². The maximum atomic E-state index is 12.9. The number of aliphatic hydroxyl groups excluding tert-OH is 1. The zero-order chi connectivity index (χ0) is 29.1. The molecule has 0 radical (unpaired) electrons. The average Bonchev–Trinajstić information content (AvgIpc) is 2.85. The van der Waals surface area contributed by atoms with Crippen LogP contribution in [-0.2, 0) is 19.2 Å². The highest BCUT2D eigenvalue weighted by Gasteiger charge is 2.29. The molecule has 17 nitrogen and oxygen atoms in total. The minimum atomic E-state index is -1.42.